The third-order valence-electron chi connectivity index (χ3n) is 4.57. The standard InChI is InChI=1S/C14H25N3O2/c15-14(17-19)13(11-7-2-1-3-8-11)16-12(18)9-10-5-4-6-10/h10-11,13,19H,1-9H2,(H2,15,17)(H,16,18). The van der Waals surface area contributed by atoms with Crippen LogP contribution in [0.5, 0.6) is 0 Å². The van der Waals surface area contributed by atoms with E-state index in [-0.39, 0.29) is 17.8 Å². The summed E-state index contributed by atoms with van der Waals surface area (Å²) in [6.07, 6.45) is 9.81. The number of nitrogens with one attached hydrogen (secondary N) is 1. The van der Waals surface area contributed by atoms with Gasteiger partial charge in [-0.3, -0.25) is 4.79 Å². The predicted molar refractivity (Wildman–Crippen MR) is 73.9 cm³/mol. The lowest BCUT2D eigenvalue weighted by molar-refractivity contribution is -0.123. The highest BCUT2D eigenvalue weighted by atomic mass is 16.4. The quantitative estimate of drug-likeness (QED) is 0.308. The van der Waals surface area contributed by atoms with Crippen LogP contribution in [-0.4, -0.2) is 23.0 Å². The maximum atomic E-state index is 12.0. The molecule has 1 amide bonds. The number of rotatable bonds is 5. The molecule has 0 aliphatic heterocycles. The van der Waals surface area contributed by atoms with E-state index in [1.165, 1.54) is 25.7 Å². The third kappa shape index (κ3) is 3.85. The molecule has 5 heteroatoms. The number of carbonyl (C=O) groups is 1. The fourth-order valence-corrected chi connectivity index (χ4v) is 3.15. The van der Waals surface area contributed by atoms with Gasteiger partial charge in [-0.05, 0) is 37.5 Å². The molecular weight excluding hydrogens is 242 g/mol. The topological polar surface area (TPSA) is 87.7 Å². The van der Waals surface area contributed by atoms with Crippen LogP contribution in [0.15, 0.2) is 5.16 Å². The summed E-state index contributed by atoms with van der Waals surface area (Å²) in [5.74, 6) is 1.05. The van der Waals surface area contributed by atoms with Gasteiger partial charge in [0.05, 0.1) is 6.04 Å². The normalized spacial score (nSPS) is 23.7. The number of hydrogen-bond donors (Lipinski definition) is 3. The highest BCUT2D eigenvalue weighted by Gasteiger charge is 2.29. The first-order valence-corrected chi connectivity index (χ1v) is 7.47. The van der Waals surface area contributed by atoms with Crippen molar-refractivity contribution in [1.29, 1.82) is 0 Å². The van der Waals surface area contributed by atoms with Gasteiger partial charge < -0.3 is 16.3 Å². The number of amides is 1. The summed E-state index contributed by atoms with van der Waals surface area (Å²) in [4.78, 5) is 12.0. The Balaban J connectivity index is 1.90. The van der Waals surface area contributed by atoms with Gasteiger partial charge >= 0.3 is 0 Å². The van der Waals surface area contributed by atoms with E-state index >= 15 is 0 Å². The average molecular weight is 267 g/mol. The van der Waals surface area contributed by atoms with Gasteiger partial charge in [-0.1, -0.05) is 30.8 Å². The molecule has 1 unspecified atom stereocenters. The van der Waals surface area contributed by atoms with Gasteiger partial charge in [0.15, 0.2) is 5.84 Å². The summed E-state index contributed by atoms with van der Waals surface area (Å²) in [6, 6.07) is -0.294. The van der Waals surface area contributed by atoms with Crippen molar-refractivity contribution in [3.05, 3.63) is 0 Å². The predicted octanol–water partition coefficient (Wildman–Crippen LogP) is 1.99. The number of hydrogen-bond acceptors (Lipinski definition) is 3. The molecule has 4 N–H and O–H groups in total. The Kier molecular flexibility index (Phi) is 5.05. The van der Waals surface area contributed by atoms with Gasteiger partial charge in [-0.2, -0.15) is 0 Å². The molecule has 0 bridgehead atoms. The first-order valence-electron chi connectivity index (χ1n) is 7.47. The molecule has 2 saturated carbocycles. The molecule has 1 atom stereocenters. The number of nitrogens with two attached hydrogens (primary N) is 1. The minimum absolute atomic E-state index is 0.0480. The molecule has 0 radical (unpaired) electrons. The molecule has 5 nitrogen and oxygen atoms in total. The molecular formula is C14H25N3O2. The molecule has 108 valence electrons. The SMILES string of the molecule is NC(=NO)C(NC(=O)CC1CCC1)C1CCCCC1. The lowest BCUT2D eigenvalue weighted by Crippen LogP contribution is -2.50. The summed E-state index contributed by atoms with van der Waals surface area (Å²) in [5, 5.41) is 15.0. The smallest absolute Gasteiger partial charge is 0.220 e. The number of carbonyl (C=O) groups excluding carboxylic acids is 1. The highest BCUT2D eigenvalue weighted by Crippen LogP contribution is 2.30. The number of oxime groups is 1. The van der Waals surface area contributed by atoms with Crippen LogP contribution < -0.4 is 11.1 Å². The maximum Gasteiger partial charge on any atom is 0.220 e. The number of nitrogens with zero attached hydrogens (tertiary/aromatic N) is 1. The number of amidine groups is 1. The Labute approximate surface area is 114 Å². The molecule has 0 spiro atoms. The van der Waals surface area contributed by atoms with Crippen LogP contribution in [0, 0.1) is 11.8 Å². The fraction of sp³-hybridized carbons (Fsp3) is 0.857. The van der Waals surface area contributed by atoms with Crippen LogP contribution in [0.2, 0.25) is 0 Å². The summed E-state index contributed by atoms with van der Waals surface area (Å²) < 4.78 is 0. The van der Waals surface area contributed by atoms with E-state index in [4.69, 9.17) is 10.9 Å². The van der Waals surface area contributed by atoms with Gasteiger partial charge in [0.25, 0.3) is 0 Å². The van der Waals surface area contributed by atoms with Crippen LogP contribution in [-0.2, 0) is 4.79 Å². The van der Waals surface area contributed by atoms with Crippen LogP contribution in [0.3, 0.4) is 0 Å². The van der Waals surface area contributed by atoms with Crippen molar-refractivity contribution in [2.24, 2.45) is 22.7 Å². The van der Waals surface area contributed by atoms with Crippen LogP contribution in [0.4, 0.5) is 0 Å². The van der Waals surface area contributed by atoms with E-state index < -0.39 is 0 Å². The maximum absolute atomic E-state index is 12.0. The zero-order chi connectivity index (χ0) is 13.7. The first-order chi connectivity index (χ1) is 9.20. The summed E-state index contributed by atoms with van der Waals surface area (Å²) in [6.45, 7) is 0. The molecule has 0 aromatic heterocycles. The van der Waals surface area contributed by atoms with E-state index in [0.717, 1.165) is 25.7 Å². The second-order valence-corrected chi connectivity index (χ2v) is 5.97. The van der Waals surface area contributed by atoms with Crippen molar-refractivity contribution < 1.29 is 10.0 Å². The van der Waals surface area contributed by atoms with Gasteiger partial charge in [-0.15, -0.1) is 0 Å². The molecule has 2 aliphatic rings. The molecule has 0 heterocycles. The van der Waals surface area contributed by atoms with E-state index in [2.05, 4.69) is 10.5 Å². The Morgan fingerprint density at radius 2 is 1.89 bits per heavy atom. The molecule has 0 aromatic carbocycles. The van der Waals surface area contributed by atoms with Gasteiger partial charge in [0.1, 0.15) is 0 Å². The molecule has 0 aromatic rings. The minimum Gasteiger partial charge on any atom is -0.409 e. The van der Waals surface area contributed by atoms with E-state index in [0.29, 0.717) is 18.3 Å². The molecule has 2 rings (SSSR count). The molecule has 2 fully saturated rings. The summed E-state index contributed by atoms with van der Waals surface area (Å²) >= 11 is 0. The van der Waals surface area contributed by atoms with Crippen molar-refractivity contribution in [1.82, 2.24) is 5.32 Å². The Morgan fingerprint density at radius 1 is 1.21 bits per heavy atom. The van der Waals surface area contributed by atoms with E-state index in [9.17, 15) is 4.79 Å². The second kappa shape index (κ2) is 6.78. The zero-order valence-electron chi connectivity index (χ0n) is 11.5. The van der Waals surface area contributed by atoms with Crippen molar-refractivity contribution in [3.63, 3.8) is 0 Å². The lowest BCUT2D eigenvalue weighted by atomic mass is 9.81. The van der Waals surface area contributed by atoms with E-state index in [1.807, 2.05) is 0 Å². The average Bonchev–Trinajstić information content (AvgIpc) is 2.40. The van der Waals surface area contributed by atoms with Gasteiger partial charge in [0, 0.05) is 6.42 Å². The summed E-state index contributed by atoms with van der Waals surface area (Å²) in [5.41, 5.74) is 5.76. The Morgan fingerprint density at radius 3 is 2.42 bits per heavy atom. The van der Waals surface area contributed by atoms with Crippen LogP contribution in [0.25, 0.3) is 0 Å². The van der Waals surface area contributed by atoms with Crippen LogP contribution >= 0.6 is 0 Å². The monoisotopic (exact) mass is 267 g/mol. The Bertz CT molecular complexity index is 334. The van der Waals surface area contributed by atoms with Gasteiger partial charge in [-0.25, -0.2) is 0 Å². The molecule has 19 heavy (non-hydrogen) atoms. The molecule has 0 saturated heterocycles. The van der Waals surface area contributed by atoms with Crippen LogP contribution in [0.1, 0.15) is 57.8 Å². The zero-order valence-corrected chi connectivity index (χ0v) is 11.5. The lowest BCUT2D eigenvalue weighted by Gasteiger charge is -2.31. The van der Waals surface area contributed by atoms with Gasteiger partial charge in [0.2, 0.25) is 5.91 Å². The highest BCUT2D eigenvalue weighted by molar-refractivity contribution is 5.90. The van der Waals surface area contributed by atoms with Crippen molar-refractivity contribution in [3.8, 4) is 0 Å². The third-order valence-corrected chi connectivity index (χ3v) is 4.57. The van der Waals surface area contributed by atoms with Crippen molar-refractivity contribution >= 4 is 11.7 Å². The summed E-state index contributed by atoms with van der Waals surface area (Å²) in [7, 11) is 0. The second-order valence-electron chi connectivity index (χ2n) is 5.97. The van der Waals surface area contributed by atoms with Crippen molar-refractivity contribution in [2.45, 2.75) is 63.8 Å². The minimum atomic E-state index is -0.294. The fourth-order valence-electron chi connectivity index (χ4n) is 3.15. The Hall–Kier alpha value is -1.26. The molecule has 2 aliphatic carbocycles. The van der Waals surface area contributed by atoms with Crippen molar-refractivity contribution in [2.75, 3.05) is 0 Å². The van der Waals surface area contributed by atoms with E-state index in [1.54, 1.807) is 0 Å². The largest absolute Gasteiger partial charge is 0.409 e. The first kappa shape index (κ1) is 14.2.